The van der Waals surface area contributed by atoms with Crippen molar-refractivity contribution in [3.63, 3.8) is 0 Å². The Morgan fingerprint density at radius 1 is 1.41 bits per heavy atom. The van der Waals surface area contributed by atoms with Crippen LogP contribution in [-0.2, 0) is 15.3 Å². The predicted molar refractivity (Wildman–Crippen MR) is 73.4 cm³/mol. The maximum Gasteiger partial charge on any atom is 0.309 e. The van der Waals surface area contributed by atoms with Gasteiger partial charge in [0.15, 0.2) is 0 Å². The Bertz CT molecular complexity index is 381. The van der Waals surface area contributed by atoms with E-state index < -0.39 is 0 Å². The van der Waals surface area contributed by atoms with Crippen molar-refractivity contribution >= 4 is 29.3 Å². The average molecular weight is 273 g/mol. The third-order valence-corrected chi connectivity index (χ3v) is 4.52. The number of carbonyl (C=O) groups excluding carboxylic acids is 1. The standard InChI is InChI=1S/C13H17ClO2S/c1-9(13(15)16-3)10(2)17-8-11-6-4-5-7-12(11)14/h4-7,9-10H,8H2,1-3H3. The van der Waals surface area contributed by atoms with E-state index in [1.165, 1.54) is 7.11 Å². The van der Waals surface area contributed by atoms with Crippen LogP contribution in [0, 0.1) is 5.92 Å². The number of carbonyl (C=O) groups is 1. The number of thioether (sulfide) groups is 1. The van der Waals surface area contributed by atoms with Crippen molar-refractivity contribution in [2.24, 2.45) is 5.92 Å². The van der Waals surface area contributed by atoms with E-state index in [1.54, 1.807) is 11.8 Å². The molecule has 0 heterocycles. The van der Waals surface area contributed by atoms with Gasteiger partial charge in [0.25, 0.3) is 0 Å². The summed E-state index contributed by atoms with van der Waals surface area (Å²) in [5.41, 5.74) is 1.10. The van der Waals surface area contributed by atoms with Gasteiger partial charge in [-0.1, -0.05) is 43.6 Å². The number of ether oxygens (including phenoxy) is 1. The lowest BCUT2D eigenvalue weighted by molar-refractivity contribution is -0.144. The van der Waals surface area contributed by atoms with Crippen LogP contribution in [0.2, 0.25) is 5.02 Å². The molecule has 0 bridgehead atoms. The summed E-state index contributed by atoms with van der Waals surface area (Å²) in [7, 11) is 1.42. The first-order valence-electron chi connectivity index (χ1n) is 5.49. The van der Waals surface area contributed by atoms with E-state index in [4.69, 9.17) is 16.3 Å². The number of hydrogen-bond donors (Lipinski definition) is 0. The van der Waals surface area contributed by atoms with Crippen molar-refractivity contribution in [1.29, 1.82) is 0 Å². The summed E-state index contributed by atoms with van der Waals surface area (Å²) in [5.74, 6) is 0.541. The molecular weight excluding hydrogens is 256 g/mol. The SMILES string of the molecule is COC(=O)C(C)C(C)SCc1ccccc1Cl. The Balaban J connectivity index is 2.51. The number of hydrogen-bond acceptors (Lipinski definition) is 3. The van der Waals surface area contributed by atoms with Crippen molar-refractivity contribution in [1.82, 2.24) is 0 Å². The topological polar surface area (TPSA) is 26.3 Å². The molecule has 0 N–H and O–H groups in total. The zero-order valence-corrected chi connectivity index (χ0v) is 11.8. The van der Waals surface area contributed by atoms with Crippen LogP contribution in [0.3, 0.4) is 0 Å². The van der Waals surface area contributed by atoms with Gasteiger partial charge in [-0.2, -0.15) is 11.8 Å². The number of halogens is 1. The fraction of sp³-hybridized carbons (Fsp3) is 0.462. The van der Waals surface area contributed by atoms with E-state index in [0.717, 1.165) is 16.3 Å². The molecule has 2 unspecified atom stereocenters. The Kier molecular flexibility index (Phi) is 5.86. The van der Waals surface area contributed by atoms with Crippen LogP contribution in [0.5, 0.6) is 0 Å². The summed E-state index contributed by atoms with van der Waals surface area (Å²) < 4.78 is 4.73. The molecule has 94 valence electrons. The zero-order chi connectivity index (χ0) is 12.8. The Labute approximate surface area is 112 Å². The maximum absolute atomic E-state index is 11.4. The summed E-state index contributed by atoms with van der Waals surface area (Å²) in [6.07, 6.45) is 0. The van der Waals surface area contributed by atoms with Crippen LogP contribution in [0.15, 0.2) is 24.3 Å². The fourth-order valence-electron chi connectivity index (χ4n) is 1.36. The second-order valence-corrected chi connectivity index (χ2v) is 5.69. The van der Waals surface area contributed by atoms with Crippen molar-refractivity contribution < 1.29 is 9.53 Å². The van der Waals surface area contributed by atoms with Gasteiger partial charge in [-0.25, -0.2) is 0 Å². The predicted octanol–water partition coefficient (Wildman–Crippen LogP) is 3.77. The summed E-state index contributed by atoms with van der Waals surface area (Å²) in [5, 5.41) is 0.983. The summed E-state index contributed by atoms with van der Waals surface area (Å²) in [6.45, 7) is 3.92. The highest BCUT2D eigenvalue weighted by Crippen LogP contribution is 2.27. The van der Waals surface area contributed by atoms with Crippen LogP contribution in [0.1, 0.15) is 19.4 Å². The molecule has 0 amide bonds. The molecule has 0 aliphatic carbocycles. The molecule has 0 fully saturated rings. The van der Waals surface area contributed by atoms with Crippen LogP contribution in [0.25, 0.3) is 0 Å². The van der Waals surface area contributed by atoms with E-state index in [-0.39, 0.29) is 17.1 Å². The molecule has 1 aromatic carbocycles. The van der Waals surface area contributed by atoms with Crippen LogP contribution >= 0.6 is 23.4 Å². The van der Waals surface area contributed by atoms with Crippen molar-refractivity contribution in [3.8, 4) is 0 Å². The molecule has 17 heavy (non-hydrogen) atoms. The van der Waals surface area contributed by atoms with Crippen LogP contribution in [0.4, 0.5) is 0 Å². The number of rotatable bonds is 5. The van der Waals surface area contributed by atoms with E-state index in [2.05, 4.69) is 0 Å². The van der Waals surface area contributed by atoms with E-state index in [0.29, 0.717) is 0 Å². The first-order chi connectivity index (χ1) is 8.06. The first kappa shape index (κ1) is 14.4. The van der Waals surface area contributed by atoms with E-state index in [1.807, 2.05) is 38.1 Å². The second kappa shape index (κ2) is 6.92. The molecular formula is C13H17ClO2S. The van der Waals surface area contributed by atoms with Crippen LogP contribution in [-0.4, -0.2) is 18.3 Å². The van der Waals surface area contributed by atoms with Gasteiger partial charge >= 0.3 is 5.97 Å². The molecule has 0 aromatic heterocycles. The number of methoxy groups -OCH3 is 1. The highest BCUT2D eigenvalue weighted by atomic mass is 35.5. The fourth-order valence-corrected chi connectivity index (χ4v) is 2.73. The van der Waals surface area contributed by atoms with Crippen LogP contribution < -0.4 is 0 Å². The zero-order valence-electron chi connectivity index (χ0n) is 10.3. The molecule has 0 saturated heterocycles. The molecule has 0 aliphatic rings. The quantitative estimate of drug-likeness (QED) is 0.763. The minimum atomic E-state index is -0.163. The van der Waals surface area contributed by atoms with Crippen molar-refractivity contribution in [2.45, 2.75) is 24.9 Å². The molecule has 0 aliphatic heterocycles. The van der Waals surface area contributed by atoms with Crippen molar-refractivity contribution in [3.05, 3.63) is 34.9 Å². The largest absolute Gasteiger partial charge is 0.469 e. The number of esters is 1. The minimum absolute atomic E-state index is 0.104. The lowest BCUT2D eigenvalue weighted by atomic mass is 10.1. The molecule has 2 nitrogen and oxygen atoms in total. The summed E-state index contributed by atoms with van der Waals surface area (Å²) in [6, 6.07) is 7.77. The summed E-state index contributed by atoms with van der Waals surface area (Å²) in [4.78, 5) is 11.4. The monoisotopic (exact) mass is 272 g/mol. The maximum atomic E-state index is 11.4. The van der Waals surface area contributed by atoms with E-state index in [9.17, 15) is 4.79 Å². The third kappa shape index (κ3) is 4.25. The van der Waals surface area contributed by atoms with Crippen molar-refractivity contribution in [2.75, 3.05) is 7.11 Å². The minimum Gasteiger partial charge on any atom is -0.469 e. The highest BCUT2D eigenvalue weighted by Gasteiger charge is 2.21. The van der Waals surface area contributed by atoms with Gasteiger partial charge in [-0.15, -0.1) is 0 Å². The lowest BCUT2D eigenvalue weighted by Crippen LogP contribution is -2.22. The Morgan fingerprint density at radius 2 is 2.06 bits per heavy atom. The molecule has 2 atom stereocenters. The van der Waals surface area contributed by atoms with Gasteiger partial charge in [0.2, 0.25) is 0 Å². The van der Waals surface area contributed by atoms with Gasteiger partial charge < -0.3 is 4.74 Å². The first-order valence-corrected chi connectivity index (χ1v) is 6.91. The average Bonchev–Trinajstić information content (AvgIpc) is 2.35. The smallest absolute Gasteiger partial charge is 0.309 e. The van der Waals surface area contributed by atoms with Gasteiger partial charge in [0.05, 0.1) is 13.0 Å². The summed E-state index contributed by atoms with van der Waals surface area (Å²) >= 11 is 7.78. The van der Waals surface area contributed by atoms with Gasteiger partial charge in [0, 0.05) is 16.0 Å². The lowest BCUT2D eigenvalue weighted by Gasteiger charge is -2.17. The highest BCUT2D eigenvalue weighted by molar-refractivity contribution is 7.99. The Hall–Kier alpha value is -0.670. The van der Waals surface area contributed by atoms with E-state index >= 15 is 0 Å². The second-order valence-electron chi connectivity index (χ2n) is 3.92. The molecule has 0 radical (unpaired) electrons. The van der Waals surface area contributed by atoms with Gasteiger partial charge in [-0.05, 0) is 11.6 Å². The third-order valence-electron chi connectivity index (χ3n) is 2.74. The van der Waals surface area contributed by atoms with Gasteiger partial charge in [0.1, 0.15) is 0 Å². The molecule has 1 aromatic rings. The molecule has 0 spiro atoms. The molecule has 4 heteroatoms. The van der Waals surface area contributed by atoms with Gasteiger partial charge in [-0.3, -0.25) is 4.79 Å². The number of benzene rings is 1. The molecule has 0 saturated carbocycles. The molecule has 1 rings (SSSR count). The normalized spacial score (nSPS) is 14.1. The Morgan fingerprint density at radius 3 is 2.65 bits per heavy atom.